The lowest BCUT2D eigenvalue weighted by atomic mass is 10.0. The van der Waals surface area contributed by atoms with E-state index in [1.807, 2.05) is 41.5 Å². The van der Waals surface area contributed by atoms with Crippen LogP contribution in [0.15, 0.2) is 71.2 Å². The molecule has 0 saturated carbocycles. The molecule has 1 unspecified atom stereocenters. The first-order chi connectivity index (χ1) is 11.2. The zero-order chi connectivity index (χ0) is 15.8. The molecule has 1 aliphatic rings. The average molecular weight is 306 g/mol. The van der Waals surface area contributed by atoms with E-state index in [0.717, 1.165) is 16.5 Å². The van der Waals surface area contributed by atoms with Crippen LogP contribution >= 0.6 is 0 Å². The van der Waals surface area contributed by atoms with Gasteiger partial charge in [0.1, 0.15) is 5.58 Å². The van der Waals surface area contributed by atoms with E-state index in [-0.39, 0.29) is 6.04 Å². The first kappa shape index (κ1) is 13.9. The van der Waals surface area contributed by atoms with E-state index in [9.17, 15) is 0 Å². The second kappa shape index (κ2) is 5.48. The fourth-order valence-corrected chi connectivity index (χ4v) is 3.02. The lowest BCUT2D eigenvalue weighted by Gasteiger charge is -2.23. The predicted molar refractivity (Wildman–Crippen MR) is 89.0 cm³/mol. The van der Waals surface area contributed by atoms with Crippen LogP contribution in [0, 0.1) is 6.92 Å². The Morgan fingerprint density at radius 3 is 2.74 bits per heavy atom. The van der Waals surface area contributed by atoms with Crippen LogP contribution in [-0.2, 0) is 11.4 Å². The fourth-order valence-electron chi connectivity index (χ4n) is 3.02. The normalized spacial score (nSPS) is 18.1. The molecule has 0 spiro atoms. The van der Waals surface area contributed by atoms with Crippen LogP contribution in [0.2, 0.25) is 0 Å². The maximum absolute atomic E-state index is 5.92. The van der Waals surface area contributed by atoms with Gasteiger partial charge < -0.3 is 15.0 Å². The van der Waals surface area contributed by atoms with Gasteiger partial charge in [-0.2, -0.15) is 0 Å². The lowest BCUT2D eigenvalue weighted by Crippen LogP contribution is -2.23. The van der Waals surface area contributed by atoms with Crippen LogP contribution in [0.3, 0.4) is 0 Å². The highest BCUT2D eigenvalue weighted by molar-refractivity contribution is 5.81. The number of nitrogens with zero attached hydrogens (tertiary/aromatic N) is 1. The Labute approximate surface area is 134 Å². The van der Waals surface area contributed by atoms with Gasteiger partial charge in [0.25, 0.3) is 0 Å². The van der Waals surface area contributed by atoms with Gasteiger partial charge >= 0.3 is 0 Å². The van der Waals surface area contributed by atoms with Crippen molar-refractivity contribution in [1.29, 1.82) is 0 Å². The van der Waals surface area contributed by atoms with Gasteiger partial charge in [-0.3, -0.25) is 0 Å². The highest BCUT2D eigenvalue weighted by Gasteiger charge is 2.30. The molecule has 1 aromatic heterocycles. The number of benzene rings is 2. The SMILES string of the molecule is Cc1ccccc1CN1OC(N)=CC1c1coc2ccccc12. The number of hydrogen-bond donors (Lipinski definition) is 1. The van der Waals surface area contributed by atoms with Crippen molar-refractivity contribution in [3.05, 3.63) is 83.4 Å². The van der Waals surface area contributed by atoms with E-state index in [0.29, 0.717) is 12.4 Å². The summed E-state index contributed by atoms with van der Waals surface area (Å²) in [6.07, 6.45) is 3.72. The minimum absolute atomic E-state index is 0.0572. The molecule has 1 aliphatic heterocycles. The number of rotatable bonds is 3. The molecular formula is C19H18N2O2. The minimum Gasteiger partial charge on any atom is -0.464 e. The Balaban J connectivity index is 1.70. The molecule has 2 aromatic carbocycles. The van der Waals surface area contributed by atoms with Gasteiger partial charge in [-0.25, -0.2) is 0 Å². The smallest absolute Gasteiger partial charge is 0.207 e. The molecule has 0 radical (unpaired) electrons. The van der Waals surface area contributed by atoms with Crippen molar-refractivity contribution in [2.45, 2.75) is 19.5 Å². The molecule has 0 saturated heterocycles. The molecule has 0 bridgehead atoms. The fraction of sp³-hybridized carbons (Fsp3) is 0.158. The second-order valence-electron chi connectivity index (χ2n) is 5.79. The molecule has 1 atom stereocenters. The van der Waals surface area contributed by atoms with E-state index in [2.05, 4.69) is 25.1 Å². The average Bonchev–Trinajstić information content (AvgIpc) is 3.13. The molecular weight excluding hydrogens is 288 g/mol. The largest absolute Gasteiger partial charge is 0.464 e. The van der Waals surface area contributed by atoms with E-state index < -0.39 is 0 Å². The number of hydroxylamine groups is 2. The predicted octanol–water partition coefficient (Wildman–Crippen LogP) is 4.03. The summed E-state index contributed by atoms with van der Waals surface area (Å²) in [6.45, 7) is 2.76. The van der Waals surface area contributed by atoms with Crippen molar-refractivity contribution in [3.63, 3.8) is 0 Å². The van der Waals surface area contributed by atoms with Gasteiger partial charge in [-0.05, 0) is 24.1 Å². The Morgan fingerprint density at radius 2 is 1.87 bits per heavy atom. The van der Waals surface area contributed by atoms with Gasteiger partial charge in [0.15, 0.2) is 0 Å². The zero-order valence-corrected chi connectivity index (χ0v) is 12.9. The summed E-state index contributed by atoms with van der Waals surface area (Å²) in [5, 5.41) is 2.98. The molecule has 2 heterocycles. The number of fused-ring (bicyclic) bond motifs is 1. The van der Waals surface area contributed by atoms with Gasteiger partial charge in [-0.15, -0.1) is 5.06 Å². The van der Waals surface area contributed by atoms with Gasteiger partial charge in [0.05, 0.1) is 18.8 Å². The summed E-state index contributed by atoms with van der Waals surface area (Å²) >= 11 is 0. The number of furan rings is 1. The molecule has 4 nitrogen and oxygen atoms in total. The minimum atomic E-state index is -0.0572. The zero-order valence-electron chi connectivity index (χ0n) is 12.9. The Bertz CT molecular complexity index is 882. The molecule has 116 valence electrons. The van der Waals surface area contributed by atoms with Crippen LogP contribution in [0.5, 0.6) is 0 Å². The molecule has 0 amide bonds. The molecule has 23 heavy (non-hydrogen) atoms. The monoisotopic (exact) mass is 306 g/mol. The summed E-state index contributed by atoms with van der Waals surface area (Å²) in [7, 11) is 0. The summed E-state index contributed by atoms with van der Waals surface area (Å²) in [6, 6.07) is 16.2. The van der Waals surface area contributed by atoms with E-state index in [1.165, 1.54) is 11.1 Å². The van der Waals surface area contributed by atoms with E-state index in [1.54, 1.807) is 6.26 Å². The third-order valence-corrected chi connectivity index (χ3v) is 4.27. The first-order valence-electron chi connectivity index (χ1n) is 7.65. The van der Waals surface area contributed by atoms with Crippen molar-refractivity contribution in [3.8, 4) is 0 Å². The molecule has 3 aromatic rings. The molecule has 2 N–H and O–H groups in total. The van der Waals surface area contributed by atoms with Crippen molar-refractivity contribution < 1.29 is 9.25 Å². The number of aryl methyl sites for hydroxylation is 1. The van der Waals surface area contributed by atoms with Gasteiger partial charge in [-0.1, -0.05) is 42.5 Å². The van der Waals surface area contributed by atoms with E-state index in [4.69, 9.17) is 15.0 Å². The first-order valence-corrected chi connectivity index (χ1v) is 7.65. The highest BCUT2D eigenvalue weighted by Crippen LogP contribution is 2.36. The maximum Gasteiger partial charge on any atom is 0.207 e. The topological polar surface area (TPSA) is 51.6 Å². The van der Waals surface area contributed by atoms with Crippen LogP contribution in [-0.4, -0.2) is 5.06 Å². The van der Waals surface area contributed by atoms with Crippen LogP contribution in [0.25, 0.3) is 11.0 Å². The number of hydrogen-bond acceptors (Lipinski definition) is 4. The highest BCUT2D eigenvalue weighted by atomic mass is 16.7. The molecule has 0 fully saturated rings. The Morgan fingerprint density at radius 1 is 1.09 bits per heavy atom. The van der Waals surface area contributed by atoms with Gasteiger partial charge in [0, 0.05) is 17.0 Å². The lowest BCUT2D eigenvalue weighted by molar-refractivity contribution is -0.127. The Hall–Kier alpha value is -2.72. The van der Waals surface area contributed by atoms with Crippen LogP contribution in [0.1, 0.15) is 22.7 Å². The van der Waals surface area contributed by atoms with E-state index >= 15 is 0 Å². The summed E-state index contributed by atoms with van der Waals surface area (Å²) < 4.78 is 5.67. The molecule has 4 rings (SSSR count). The molecule has 0 aliphatic carbocycles. The van der Waals surface area contributed by atoms with Crippen molar-refractivity contribution in [2.75, 3.05) is 0 Å². The summed E-state index contributed by atoms with van der Waals surface area (Å²) in [5.74, 6) is 0.425. The van der Waals surface area contributed by atoms with Crippen LogP contribution < -0.4 is 5.73 Å². The van der Waals surface area contributed by atoms with Crippen molar-refractivity contribution in [2.24, 2.45) is 5.73 Å². The quantitative estimate of drug-likeness (QED) is 0.793. The van der Waals surface area contributed by atoms with Gasteiger partial charge in [0.2, 0.25) is 5.88 Å². The maximum atomic E-state index is 5.92. The third kappa shape index (κ3) is 2.47. The van der Waals surface area contributed by atoms with Crippen molar-refractivity contribution in [1.82, 2.24) is 5.06 Å². The molecule has 4 heteroatoms. The third-order valence-electron chi connectivity index (χ3n) is 4.27. The van der Waals surface area contributed by atoms with Crippen molar-refractivity contribution >= 4 is 11.0 Å². The number of para-hydroxylation sites is 1. The summed E-state index contributed by atoms with van der Waals surface area (Å²) in [4.78, 5) is 5.74. The number of nitrogens with two attached hydrogens (primary N) is 1. The Kier molecular flexibility index (Phi) is 3.32. The standard InChI is InChI=1S/C19H18N2O2/c1-13-6-2-3-7-14(13)11-21-17(10-19(20)23-21)16-12-22-18-9-5-4-8-15(16)18/h2-10,12,17H,11,20H2,1H3. The second-order valence-corrected chi connectivity index (χ2v) is 5.79. The van der Waals surface area contributed by atoms with Crippen LogP contribution in [0.4, 0.5) is 0 Å². The summed E-state index contributed by atoms with van der Waals surface area (Å²) in [5.41, 5.74) is 10.3.